The Morgan fingerprint density at radius 2 is 1.70 bits per heavy atom. The molecule has 0 unspecified atom stereocenters. The lowest BCUT2D eigenvalue weighted by atomic mass is 9.65. The normalized spacial score (nSPS) is 22.6. The molecule has 1 heterocycles. The summed E-state index contributed by atoms with van der Waals surface area (Å²) >= 11 is 0. The molecule has 1 amide bonds. The number of amides is 1. The molecule has 1 aliphatic rings. The van der Waals surface area contributed by atoms with Gasteiger partial charge in [-0.15, -0.1) is 0 Å². The van der Waals surface area contributed by atoms with Gasteiger partial charge in [-0.05, 0) is 49.9 Å². The van der Waals surface area contributed by atoms with Crippen molar-refractivity contribution in [2.24, 2.45) is 0 Å². The summed E-state index contributed by atoms with van der Waals surface area (Å²) in [6.07, 6.45) is 0.902. The third-order valence-electron chi connectivity index (χ3n) is 5.11. The van der Waals surface area contributed by atoms with Crippen LogP contribution in [0.2, 0.25) is 0 Å². The smallest absolute Gasteiger partial charge is 0.224 e. The zero-order valence-electron chi connectivity index (χ0n) is 14.7. The summed E-state index contributed by atoms with van der Waals surface area (Å²) in [5.41, 5.74) is 4.46. The van der Waals surface area contributed by atoms with E-state index in [0.717, 1.165) is 12.1 Å². The summed E-state index contributed by atoms with van der Waals surface area (Å²) in [6.45, 7) is 10.4. The molecule has 2 aromatic carbocycles. The molecular weight excluding hydrogens is 282 g/mol. The molecule has 2 nitrogen and oxygen atoms in total. The minimum absolute atomic E-state index is 0.0975. The van der Waals surface area contributed by atoms with E-state index >= 15 is 0 Å². The summed E-state index contributed by atoms with van der Waals surface area (Å²) in [5.74, 6) is 0.108. The molecular formula is C21H25NO. The second-order valence-corrected chi connectivity index (χ2v) is 7.56. The van der Waals surface area contributed by atoms with E-state index in [1.54, 1.807) is 6.92 Å². The van der Waals surface area contributed by atoms with Crippen LogP contribution in [0.3, 0.4) is 0 Å². The van der Waals surface area contributed by atoms with Crippen LogP contribution in [0.25, 0.3) is 0 Å². The number of rotatable bonds is 1. The predicted octanol–water partition coefficient (Wildman–Crippen LogP) is 4.84. The quantitative estimate of drug-likeness (QED) is 0.738. The topological polar surface area (TPSA) is 20.3 Å². The van der Waals surface area contributed by atoms with Crippen molar-refractivity contribution in [1.29, 1.82) is 0 Å². The van der Waals surface area contributed by atoms with Crippen LogP contribution in [0.15, 0.2) is 48.5 Å². The Morgan fingerprint density at radius 1 is 1.04 bits per heavy atom. The van der Waals surface area contributed by atoms with Gasteiger partial charge in [-0.1, -0.05) is 49.4 Å². The zero-order valence-corrected chi connectivity index (χ0v) is 14.7. The van der Waals surface area contributed by atoms with E-state index in [1.807, 2.05) is 4.90 Å². The molecule has 0 saturated carbocycles. The molecule has 0 N–H and O–H groups in total. The SMILES string of the molecule is CC(=O)N1c2cc(C)ccc2[C@@](C)(c2ccccc2)CC1(C)C. The van der Waals surface area contributed by atoms with Gasteiger partial charge < -0.3 is 4.90 Å². The minimum Gasteiger partial charge on any atom is -0.307 e. The van der Waals surface area contributed by atoms with Crippen LogP contribution in [-0.2, 0) is 10.2 Å². The van der Waals surface area contributed by atoms with Crippen molar-refractivity contribution in [3.63, 3.8) is 0 Å². The third kappa shape index (κ3) is 2.46. The minimum atomic E-state index is -0.225. The number of fused-ring (bicyclic) bond motifs is 1. The molecule has 0 bridgehead atoms. The average molecular weight is 307 g/mol. The van der Waals surface area contributed by atoms with E-state index in [2.05, 4.69) is 76.2 Å². The van der Waals surface area contributed by atoms with Crippen molar-refractivity contribution in [2.45, 2.75) is 52.0 Å². The second kappa shape index (κ2) is 5.23. The van der Waals surface area contributed by atoms with Gasteiger partial charge in [0.25, 0.3) is 0 Å². The van der Waals surface area contributed by atoms with Gasteiger partial charge in [-0.25, -0.2) is 0 Å². The molecule has 0 radical (unpaired) electrons. The lowest BCUT2D eigenvalue weighted by Gasteiger charge is -2.51. The molecule has 2 heteroatoms. The molecule has 23 heavy (non-hydrogen) atoms. The van der Waals surface area contributed by atoms with Crippen molar-refractivity contribution in [3.05, 3.63) is 65.2 Å². The molecule has 120 valence electrons. The van der Waals surface area contributed by atoms with E-state index in [4.69, 9.17) is 0 Å². The van der Waals surface area contributed by atoms with Crippen LogP contribution in [0.1, 0.15) is 50.8 Å². The maximum Gasteiger partial charge on any atom is 0.224 e. The Morgan fingerprint density at radius 3 is 2.30 bits per heavy atom. The molecule has 0 aliphatic carbocycles. The average Bonchev–Trinajstić information content (AvgIpc) is 2.46. The van der Waals surface area contributed by atoms with Crippen molar-refractivity contribution < 1.29 is 4.79 Å². The van der Waals surface area contributed by atoms with Gasteiger partial charge in [-0.2, -0.15) is 0 Å². The highest BCUT2D eigenvalue weighted by molar-refractivity contribution is 5.95. The van der Waals surface area contributed by atoms with Gasteiger partial charge in [0, 0.05) is 23.6 Å². The van der Waals surface area contributed by atoms with E-state index in [-0.39, 0.29) is 16.9 Å². The van der Waals surface area contributed by atoms with Crippen LogP contribution in [0, 0.1) is 6.92 Å². The Kier molecular flexibility index (Phi) is 3.59. The first-order valence-electron chi connectivity index (χ1n) is 8.23. The van der Waals surface area contributed by atoms with Crippen molar-refractivity contribution in [2.75, 3.05) is 4.90 Å². The van der Waals surface area contributed by atoms with Crippen LogP contribution < -0.4 is 4.90 Å². The number of aryl methyl sites for hydroxylation is 1. The zero-order chi connectivity index (χ0) is 16.8. The maximum atomic E-state index is 12.4. The third-order valence-corrected chi connectivity index (χ3v) is 5.11. The summed E-state index contributed by atoms with van der Waals surface area (Å²) in [6, 6.07) is 17.1. The number of benzene rings is 2. The highest BCUT2D eigenvalue weighted by Crippen LogP contribution is 2.50. The highest BCUT2D eigenvalue weighted by atomic mass is 16.2. The molecule has 1 aliphatic heterocycles. The molecule has 3 rings (SSSR count). The summed E-state index contributed by atoms with van der Waals surface area (Å²) in [4.78, 5) is 14.3. The van der Waals surface area contributed by atoms with Crippen LogP contribution in [0.5, 0.6) is 0 Å². The lowest BCUT2D eigenvalue weighted by molar-refractivity contribution is -0.117. The van der Waals surface area contributed by atoms with Gasteiger partial charge in [0.05, 0.1) is 0 Å². The predicted molar refractivity (Wildman–Crippen MR) is 95.9 cm³/mol. The largest absolute Gasteiger partial charge is 0.307 e. The Labute approximate surface area is 139 Å². The molecule has 2 aromatic rings. The maximum absolute atomic E-state index is 12.4. The van der Waals surface area contributed by atoms with E-state index in [1.165, 1.54) is 16.7 Å². The van der Waals surface area contributed by atoms with Crippen LogP contribution in [0.4, 0.5) is 5.69 Å². The van der Waals surface area contributed by atoms with Crippen molar-refractivity contribution in [1.82, 2.24) is 0 Å². The fraction of sp³-hybridized carbons (Fsp3) is 0.381. The van der Waals surface area contributed by atoms with Gasteiger partial charge in [0.2, 0.25) is 5.91 Å². The molecule has 1 atom stereocenters. The summed E-state index contributed by atoms with van der Waals surface area (Å²) in [7, 11) is 0. The van der Waals surface area contributed by atoms with Crippen molar-refractivity contribution in [3.8, 4) is 0 Å². The monoisotopic (exact) mass is 307 g/mol. The summed E-state index contributed by atoms with van der Waals surface area (Å²) in [5, 5.41) is 0. The van der Waals surface area contributed by atoms with E-state index in [9.17, 15) is 4.79 Å². The summed E-state index contributed by atoms with van der Waals surface area (Å²) < 4.78 is 0. The van der Waals surface area contributed by atoms with Crippen LogP contribution in [-0.4, -0.2) is 11.4 Å². The van der Waals surface area contributed by atoms with E-state index < -0.39 is 0 Å². The first kappa shape index (κ1) is 15.8. The molecule has 0 fully saturated rings. The van der Waals surface area contributed by atoms with Gasteiger partial charge >= 0.3 is 0 Å². The molecule has 0 saturated heterocycles. The number of anilines is 1. The number of carbonyl (C=O) groups excluding carboxylic acids is 1. The number of nitrogens with zero attached hydrogens (tertiary/aromatic N) is 1. The van der Waals surface area contributed by atoms with Gasteiger partial charge in [0.1, 0.15) is 0 Å². The van der Waals surface area contributed by atoms with Gasteiger partial charge in [-0.3, -0.25) is 4.79 Å². The molecule has 0 spiro atoms. The number of carbonyl (C=O) groups is 1. The Bertz CT molecular complexity index is 748. The standard InChI is InChI=1S/C21H25NO/c1-15-11-12-18-19(13-15)22(16(2)23)20(3,4)14-21(18,5)17-9-7-6-8-10-17/h6-13H,14H2,1-5H3/t21-/m1/s1. The highest BCUT2D eigenvalue weighted by Gasteiger charge is 2.46. The fourth-order valence-corrected chi connectivity index (χ4v) is 4.32. The Balaban J connectivity index is 2.30. The van der Waals surface area contributed by atoms with E-state index in [0.29, 0.717) is 0 Å². The fourth-order valence-electron chi connectivity index (χ4n) is 4.32. The number of hydrogen-bond acceptors (Lipinski definition) is 1. The lowest BCUT2D eigenvalue weighted by Crippen LogP contribution is -2.55. The number of hydrogen-bond donors (Lipinski definition) is 0. The first-order valence-corrected chi connectivity index (χ1v) is 8.23. The first-order chi connectivity index (χ1) is 10.8. The van der Waals surface area contributed by atoms with Crippen molar-refractivity contribution >= 4 is 11.6 Å². The Hall–Kier alpha value is -2.09. The van der Waals surface area contributed by atoms with Gasteiger partial charge in [0.15, 0.2) is 0 Å². The van der Waals surface area contributed by atoms with Crippen LogP contribution >= 0.6 is 0 Å². The second-order valence-electron chi connectivity index (χ2n) is 7.56. The molecule has 0 aromatic heterocycles.